The molecule has 0 aliphatic rings. The van der Waals surface area contributed by atoms with Crippen molar-refractivity contribution in [3.63, 3.8) is 0 Å². The van der Waals surface area contributed by atoms with Gasteiger partial charge in [-0.2, -0.15) is 0 Å². The number of hydrogen-bond acceptors (Lipinski definition) is 4. The normalized spacial score (nSPS) is 13.7. The van der Waals surface area contributed by atoms with Gasteiger partial charge < -0.3 is 14.8 Å². The maximum atomic E-state index is 12.3. The Bertz CT molecular complexity index is 462. The SMILES string of the molecule is CCCCC(C)(OC)C(=O)Nc1cnc(OC)c(C)c1. The van der Waals surface area contributed by atoms with Crippen LogP contribution in [0, 0.1) is 6.92 Å². The molecular weight excluding hydrogens is 256 g/mol. The Morgan fingerprint density at radius 1 is 1.45 bits per heavy atom. The zero-order chi connectivity index (χ0) is 15.2. The van der Waals surface area contributed by atoms with E-state index in [-0.39, 0.29) is 5.91 Å². The predicted molar refractivity (Wildman–Crippen MR) is 79.1 cm³/mol. The van der Waals surface area contributed by atoms with Crippen LogP contribution in [-0.2, 0) is 9.53 Å². The molecule has 1 atom stereocenters. The van der Waals surface area contributed by atoms with Crippen LogP contribution in [0.3, 0.4) is 0 Å². The minimum Gasteiger partial charge on any atom is -0.481 e. The van der Waals surface area contributed by atoms with Gasteiger partial charge in [0.25, 0.3) is 5.91 Å². The van der Waals surface area contributed by atoms with Gasteiger partial charge >= 0.3 is 0 Å². The molecule has 0 aromatic carbocycles. The highest BCUT2D eigenvalue weighted by Crippen LogP contribution is 2.22. The molecule has 0 aliphatic heterocycles. The molecule has 1 aromatic rings. The van der Waals surface area contributed by atoms with Crippen LogP contribution < -0.4 is 10.1 Å². The molecule has 0 spiro atoms. The fourth-order valence-corrected chi connectivity index (χ4v) is 1.93. The van der Waals surface area contributed by atoms with E-state index in [0.717, 1.165) is 18.4 Å². The number of carbonyl (C=O) groups excluding carboxylic acids is 1. The lowest BCUT2D eigenvalue weighted by molar-refractivity contribution is -0.136. The average Bonchev–Trinajstić information content (AvgIpc) is 2.44. The molecule has 1 N–H and O–H groups in total. The molecule has 0 saturated carbocycles. The molecule has 0 bridgehead atoms. The molecule has 0 aliphatic carbocycles. The van der Waals surface area contributed by atoms with Crippen LogP contribution in [-0.4, -0.2) is 30.7 Å². The number of nitrogens with zero attached hydrogens (tertiary/aromatic N) is 1. The summed E-state index contributed by atoms with van der Waals surface area (Å²) in [5.41, 5.74) is 0.704. The summed E-state index contributed by atoms with van der Waals surface area (Å²) >= 11 is 0. The lowest BCUT2D eigenvalue weighted by Crippen LogP contribution is -2.41. The number of rotatable bonds is 7. The van der Waals surface area contributed by atoms with E-state index < -0.39 is 5.60 Å². The van der Waals surface area contributed by atoms with Gasteiger partial charge in [0.2, 0.25) is 5.88 Å². The summed E-state index contributed by atoms with van der Waals surface area (Å²) in [5, 5.41) is 2.85. The number of aryl methyl sites for hydroxylation is 1. The van der Waals surface area contributed by atoms with E-state index in [0.29, 0.717) is 18.0 Å². The van der Waals surface area contributed by atoms with Crippen molar-refractivity contribution in [3.8, 4) is 5.88 Å². The van der Waals surface area contributed by atoms with E-state index in [1.807, 2.05) is 19.9 Å². The van der Waals surface area contributed by atoms with E-state index in [1.54, 1.807) is 20.4 Å². The van der Waals surface area contributed by atoms with Gasteiger partial charge in [-0.15, -0.1) is 0 Å². The molecule has 0 saturated heterocycles. The van der Waals surface area contributed by atoms with Crippen LogP contribution in [0.2, 0.25) is 0 Å². The predicted octanol–water partition coefficient (Wildman–Crippen LogP) is 2.93. The van der Waals surface area contributed by atoms with Crippen molar-refractivity contribution in [1.29, 1.82) is 0 Å². The first-order valence-corrected chi connectivity index (χ1v) is 6.84. The topological polar surface area (TPSA) is 60.5 Å². The Balaban J connectivity index is 2.80. The molecule has 0 radical (unpaired) electrons. The largest absolute Gasteiger partial charge is 0.481 e. The second kappa shape index (κ2) is 7.24. The van der Waals surface area contributed by atoms with E-state index in [9.17, 15) is 4.79 Å². The van der Waals surface area contributed by atoms with Crippen molar-refractivity contribution in [3.05, 3.63) is 17.8 Å². The number of methoxy groups -OCH3 is 2. The molecule has 5 heteroatoms. The average molecular weight is 280 g/mol. The molecule has 5 nitrogen and oxygen atoms in total. The van der Waals surface area contributed by atoms with Gasteiger partial charge in [-0.05, 0) is 26.3 Å². The Labute approximate surface area is 120 Å². The maximum Gasteiger partial charge on any atom is 0.256 e. The van der Waals surface area contributed by atoms with E-state index in [2.05, 4.69) is 17.2 Å². The van der Waals surface area contributed by atoms with E-state index in [1.165, 1.54) is 0 Å². The number of hydrogen-bond donors (Lipinski definition) is 1. The summed E-state index contributed by atoms with van der Waals surface area (Å²) in [4.78, 5) is 16.5. The Kier molecular flexibility index (Phi) is 5.95. The molecule has 20 heavy (non-hydrogen) atoms. The summed E-state index contributed by atoms with van der Waals surface area (Å²) in [6.45, 7) is 5.78. The van der Waals surface area contributed by atoms with Crippen LogP contribution in [0.15, 0.2) is 12.3 Å². The number of pyridine rings is 1. The van der Waals surface area contributed by atoms with Gasteiger partial charge in [0.1, 0.15) is 5.60 Å². The molecule has 1 rings (SSSR count). The van der Waals surface area contributed by atoms with Crippen molar-refractivity contribution < 1.29 is 14.3 Å². The fraction of sp³-hybridized carbons (Fsp3) is 0.600. The summed E-state index contributed by atoms with van der Waals surface area (Å²) in [5.74, 6) is 0.406. The summed E-state index contributed by atoms with van der Waals surface area (Å²) in [6.07, 6.45) is 4.24. The van der Waals surface area contributed by atoms with E-state index in [4.69, 9.17) is 9.47 Å². The van der Waals surface area contributed by atoms with Crippen LogP contribution in [0.25, 0.3) is 0 Å². The van der Waals surface area contributed by atoms with E-state index >= 15 is 0 Å². The summed E-state index contributed by atoms with van der Waals surface area (Å²) in [6, 6.07) is 1.83. The number of ether oxygens (including phenoxy) is 2. The summed E-state index contributed by atoms with van der Waals surface area (Å²) < 4.78 is 10.5. The third-order valence-corrected chi connectivity index (χ3v) is 3.42. The highest BCUT2D eigenvalue weighted by atomic mass is 16.5. The lowest BCUT2D eigenvalue weighted by Gasteiger charge is -2.26. The minimum atomic E-state index is -0.816. The number of carbonyl (C=O) groups is 1. The second-order valence-electron chi connectivity index (χ2n) is 5.04. The van der Waals surface area contributed by atoms with Gasteiger partial charge in [-0.1, -0.05) is 19.8 Å². The number of unbranched alkanes of at least 4 members (excludes halogenated alkanes) is 1. The van der Waals surface area contributed by atoms with Gasteiger partial charge in [0.15, 0.2) is 0 Å². The third-order valence-electron chi connectivity index (χ3n) is 3.42. The third kappa shape index (κ3) is 3.93. The standard InChI is InChI=1S/C15H24N2O3/c1-6-7-8-15(3,20-5)14(18)17-12-9-11(2)13(19-4)16-10-12/h9-10H,6-8H2,1-5H3,(H,17,18). The quantitative estimate of drug-likeness (QED) is 0.834. The zero-order valence-electron chi connectivity index (χ0n) is 12.9. The fourth-order valence-electron chi connectivity index (χ4n) is 1.93. The number of amides is 1. The first-order valence-electron chi connectivity index (χ1n) is 6.84. The second-order valence-corrected chi connectivity index (χ2v) is 5.04. The van der Waals surface area contributed by atoms with Crippen molar-refractivity contribution in [1.82, 2.24) is 4.98 Å². The van der Waals surface area contributed by atoms with Crippen LogP contribution in [0.4, 0.5) is 5.69 Å². The first kappa shape index (κ1) is 16.4. The van der Waals surface area contributed by atoms with Gasteiger partial charge in [-0.25, -0.2) is 4.98 Å². The molecule has 1 amide bonds. The van der Waals surface area contributed by atoms with Gasteiger partial charge in [0.05, 0.1) is 19.0 Å². The Hall–Kier alpha value is -1.62. The molecule has 1 aromatic heterocycles. The van der Waals surface area contributed by atoms with Gasteiger partial charge in [0, 0.05) is 12.7 Å². The molecule has 112 valence electrons. The monoisotopic (exact) mass is 280 g/mol. The number of aromatic nitrogens is 1. The molecular formula is C15H24N2O3. The van der Waals surface area contributed by atoms with Crippen molar-refractivity contribution >= 4 is 11.6 Å². The van der Waals surface area contributed by atoms with Crippen molar-refractivity contribution in [2.24, 2.45) is 0 Å². The Morgan fingerprint density at radius 2 is 2.15 bits per heavy atom. The zero-order valence-corrected chi connectivity index (χ0v) is 12.9. The number of nitrogens with one attached hydrogen (secondary N) is 1. The highest BCUT2D eigenvalue weighted by Gasteiger charge is 2.32. The Morgan fingerprint density at radius 3 is 2.65 bits per heavy atom. The minimum absolute atomic E-state index is 0.153. The maximum absolute atomic E-state index is 12.3. The molecule has 1 heterocycles. The van der Waals surface area contributed by atoms with Crippen molar-refractivity contribution in [2.45, 2.75) is 45.6 Å². The molecule has 1 unspecified atom stereocenters. The van der Waals surface area contributed by atoms with Crippen LogP contribution in [0.1, 0.15) is 38.7 Å². The van der Waals surface area contributed by atoms with Crippen molar-refractivity contribution in [2.75, 3.05) is 19.5 Å². The van der Waals surface area contributed by atoms with Crippen LogP contribution >= 0.6 is 0 Å². The van der Waals surface area contributed by atoms with Gasteiger partial charge in [-0.3, -0.25) is 4.79 Å². The first-order chi connectivity index (χ1) is 9.46. The number of anilines is 1. The summed E-state index contributed by atoms with van der Waals surface area (Å²) in [7, 11) is 3.13. The smallest absolute Gasteiger partial charge is 0.256 e. The lowest BCUT2D eigenvalue weighted by atomic mass is 9.97. The van der Waals surface area contributed by atoms with Crippen LogP contribution in [0.5, 0.6) is 5.88 Å². The molecule has 0 fully saturated rings. The highest BCUT2D eigenvalue weighted by molar-refractivity contribution is 5.97.